The molecule has 1 atom stereocenters. The molecule has 5 rings (SSSR count). The number of fused-ring (bicyclic) bond motifs is 2. The summed E-state index contributed by atoms with van der Waals surface area (Å²) in [5.74, 6) is 0.840. The maximum Gasteiger partial charge on any atom is 0.300 e. The number of rotatable bonds is 1. The smallest absolute Gasteiger partial charge is 0.300 e. The fourth-order valence-corrected chi connectivity index (χ4v) is 4.12. The number of ether oxygens (including phenoxy) is 3. The maximum atomic E-state index is 12.5. The molecule has 3 aromatic rings. The Bertz CT molecular complexity index is 1100. The van der Waals surface area contributed by atoms with E-state index in [0.29, 0.717) is 27.1 Å². The fourth-order valence-electron chi connectivity index (χ4n) is 3.60. The summed E-state index contributed by atoms with van der Waals surface area (Å²) < 4.78 is 18.6. The first kappa shape index (κ1) is 15.5. The molecule has 0 amide bonds. The van der Waals surface area contributed by atoms with Gasteiger partial charge in [-0.15, -0.1) is 0 Å². The van der Waals surface area contributed by atoms with Crippen molar-refractivity contribution in [2.75, 3.05) is 7.11 Å². The molecule has 0 radical (unpaired) electrons. The lowest BCUT2D eigenvalue weighted by atomic mass is 9.90. The van der Waals surface area contributed by atoms with Crippen LogP contribution in [-0.4, -0.2) is 12.9 Å². The van der Waals surface area contributed by atoms with Crippen molar-refractivity contribution in [3.63, 3.8) is 0 Å². The molecule has 5 heteroatoms. The van der Waals surface area contributed by atoms with Crippen LogP contribution in [0.4, 0.5) is 0 Å². The maximum absolute atomic E-state index is 12.5. The summed E-state index contributed by atoms with van der Waals surface area (Å²) in [4.78, 5) is 12.5. The zero-order valence-electron chi connectivity index (χ0n) is 13.8. The second kappa shape index (κ2) is 5.35. The fraction of sp³-hybridized carbons (Fsp3) is 0.0952. The van der Waals surface area contributed by atoms with Gasteiger partial charge in [0.25, 0.3) is 0 Å². The molecule has 1 unspecified atom stereocenters. The molecule has 0 saturated heterocycles. The number of halogens is 1. The first-order chi connectivity index (χ1) is 12.6. The Kier molecular flexibility index (Phi) is 3.18. The average Bonchev–Trinajstić information content (AvgIpc) is 2.67. The third kappa shape index (κ3) is 1.98. The van der Waals surface area contributed by atoms with Crippen LogP contribution in [0.25, 0.3) is 10.8 Å². The predicted molar refractivity (Wildman–Crippen MR) is 101 cm³/mol. The summed E-state index contributed by atoms with van der Waals surface area (Å²) in [5, 5.41) is 1.77. The zero-order valence-corrected chi connectivity index (χ0v) is 15.4. The number of benzene rings is 3. The van der Waals surface area contributed by atoms with Crippen molar-refractivity contribution < 1.29 is 19.0 Å². The Balaban J connectivity index is 1.78. The lowest BCUT2D eigenvalue weighted by molar-refractivity contribution is -0.0841. The molecule has 2 aliphatic rings. The van der Waals surface area contributed by atoms with Crippen LogP contribution in [0.2, 0.25) is 0 Å². The summed E-state index contributed by atoms with van der Waals surface area (Å²) in [6.45, 7) is 0. The lowest BCUT2D eigenvalue weighted by Gasteiger charge is -2.39. The summed E-state index contributed by atoms with van der Waals surface area (Å²) >= 11 is 3.37. The van der Waals surface area contributed by atoms with Crippen LogP contribution in [0.5, 0.6) is 17.2 Å². The Morgan fingerprint density at radius 1 is 0.962 bits per heavy atom. The van der Waals surface area contributed by atoms with E-state index in [2.05, 4.69) is 15.9 Å². The number of hydrogen-bond donors (Lipinski definition) is 0. The highest BCUT2D eigenvalue weighted by Gasteiger charge is 2.45. The third-order valence-corrected chi connectivity index (χ3v) is 5.34. The van der Waals surface area contributed by atoms with Crippen LogP contribution in [0.1, 0.15) is 15.9 Å². The van der Waals surface area contributed by atoms with Crippen molar-refractivity contribution in [2.24, 2.45) is 0 Å². The molecule has 4 nitrogen and oxygen atoms in total. The second-order valence-corrected chi connectivity index (χ2v) is 7.04. The summed E-state index contributed by atoms with van der Waals surface area (Å²) in [6.07, 6.45) is 1.68. The van der Waals surface area contributed by atoms with Gasteiger partial charge >= 0.3 is 5.79 Å². The van der Waals surface area contributed by atoms with Crippen LogP contribution in [0, 0.1) is 0 Å². The lowest BCUT2D eigenvalue weighted by Crippen LogP contribution is -2.43. The van der Waals surface area contributed by atoms with E-state index in [1.165, 1.54) is 0 Å². The van der Waals surface area contributed by atoms with Gasteiger partial charge in [-0.2, -0.15) is 0 Å². The molecule has 26 heavy (non-hydrogen) atoms. The van der Waals surface area contributed by atoms with Crippen LogP contribution < -0.4 is 14.2 Å². The summed E-state index contributed by atoms with van der Waals surface area (Å²) in [6, 6.07) is 16.9. The molecule has 3 aromatic carbocycles. The van der Waals surface area contributed by atoms with Gasteiger partial charge in [-0.25, -0.2) is 0 Å². The van der Waals surface area contributed by atoms with Crippen LogP contribution in [-0.2, 0) is 5.79 Å². The Morgan fingerprint density at radius 3 is 2.54 bits per heavy atom. The first-order valence-corrected chi connectivity index (χ1v) is 8.92. The van der Waals surface area contributed by atoms with Crippen molar-refractivity contribution in [2.45, 2.75) is 5.79 Å². The number of hydrogen-bond acceptors (Lipinski definition) is 4. The molecule has 1 aliphatic heterocycles. The quantitative estimate of drug-likeness (QED) is 0.571. The van der Waals surface area contributed by atoms with Crippen molar-refractivity contribution in [1.29, 1.82) is 0 Å². The van der Waals surface area contributed by atoms with Gasteiger partial charge in [0.2, 0.25) is 5.78 Å². The van der Waals surface area contributed by atoms with Crippen molar-refractivity contribution in [3.8, 4) is 17.2 Å². The molecule has 0 saturated carbocycles. The van der Waals surface area contributed by atoms with Gasteiger partial charge in [0.05, 0.1) is 22.5 Å². The highest BCUT2D eigenvalue weighted by atomic mass is 79.9. The standard InChI is InChI=1S/C21H13BrO4/c1-24-16-9-10-18-19-13(16)6-4-8-17(19)25-21(26-18)11-15(22)20(23)12-5-2-3-7-14(12)21/h2-11H,1H3. The molecule has 1 spiro atoms. The summed E-state index contributed by atoms with van der Waals surface area (Å²) in [5.41, 5.74) is 1.25. The number of ketones is 1. The van der Waals surface area contributed by atoms with E-state index >= 15 is 0 Å². The molecule has 0 aromatic heterocycles. The zero-order chi connectivity index (χ0) is 17.9. The SMILES string of the molecule is COc1ccc2c3c(cccc13)OC1(C=C(Br)C(=O)c3ccccc31)O2. The van der Waals surface area contributed by atoms with E-state index in [9.17, 15) is 4.79 Å². The van der Waals surface area contributed by atoms with Gasteiger partial charge in [-0.3, -0.25) is 4.79 Å². The minimum Gasteiger partial charge on any atom is -0.496 e. The van der Waals surface area contributed by atoms with Gasteiger partial charge in [-0.1, -0.05) is 36.4 Å². The van der Waals surface area contributed by atoms with Crippen LogP contribution in [0.3, 0.4) is 0 Å². The van der Waals surface area contributed by atoms with E-state index in [1.54, 1.807) is 19.3 Å². The van der Waals surface area contributed by atoms with Gasteiger partial charge in [0, 0.05) is 17.0 Å². The second-order valence-electron chi connectivity index (χ2n) is 6.18. The van der Waals surface area contributed by atoms with Gasteiger partial charge < -0.3 is 14.2 Å². The van der Waals surface area contributed by atoms with E-state index in [0.717, 1.165) is 16.5 Å². The highest BCUT2D eigenvalue weighted by molar-refractivity contribution is 9.12. The van der Waals surface area contributed by atoms with Crippen molar-refractivity contribution >= 4 is 32.5 Å². The summed E-state index contributed by atoms with van der Waals surface area (Å²) in [7, 11) is 1.64. The number of carbonyl (C=O) groups is 1. The van der Waals surface area contributed by atoms with E-state index in [4.69, 9.17) is 14.2 Å². The van der Waals surface area contributed by atoms with Crippen LogP contribution >= 0.6 is 15.9 Å². The molecule has 1 heterocycles. The van der Waals surface area contributed by atoms with Crippen molar-refractivity contribution in [3.05, 3.63) is 76.3 Å². The number of allylic oxidation sites excluding steroid dienone is 1. The first-order valence-electron chi connectivity index (χ1n) is 8.13. The van der Waals surface area contributed by atoms with E-state index in [-0.39, 0.29) is 5.78 Å². The Labute approximate surface area is 158 Å². The van der Waals surface area contributed by atoms with Gasteiger partial charge in [0.15, 0.2) is 0 Å². The molecular weight excluding hydrogens is 396 g/mol. The molecular formula is C21H13BrO4. The Morgan fingerprint density at radius 2 is 1.73 bits per heavy atom. The van der Waals surface area contributed by atoms with Crippen LogP contribution in [0.15, 0.2) is 65.2 Å². The average molecular weight is 409 g/mol. The van der Waals surface area contributed by atoms with E-state index < -0.39 is 5.79 Å². The van der Waals surface area contributed by atoms with E-state index in [1.807, 2.05) is 48.5 Å². The number of Topliss-reactive ketones (excluding diaryl/α,β-unsaturated/α-hetero) is 1. The highest BCUT2D eigenvalue weighted by Crippen LogP contribution is 2.50. The topological polar surface area (TPSA) is 44.8 Å². The molecule has 128 valence electrons. The minimum absolute atomic E-state index is 0.0860. The Hall–Kier alpha value is -2.79. The van der Waals surface area contributed by atoms with Gasteiger partial charge in [-0.05, 0) is 34.1 Å². The monoisotopic (exact) mass is 408 g/mol. The normalized spacial score (nSPS) is 20.2. The third-order valence-electron chi connectivity index (χ3n) is 4.75. The number of methoxy groups -OCH3 is 1. The molecule has 0 bridgehead atoms. The molecule has 0 fully saturated rings. The predicted octanol–water partition coefficient (Wildman–Crippen LogP) is 4.95. The van der Waals surface area contributed by atoms with Crippen molar-refractivity contribution in [1.82, 2.24) is 0 Å². The largest absolute Gasteiger partial charge is 0.496 e. The molecule has 1 aliphatic carbocycles. The van der Waals surface area contributed by atoms with Gasteiger partial charge in [0.1, 0.15) is 17.2 Å². The number of carbonyl (C=O) groups excluding carboxylic acids is 1. The minimum atomic E-state index is -1.20. The molecule has 0 N–H and O–H groups in total.